The van der Waals surface area contributed by atoms with Gasteiger partial charge in [0.15, 0.2) is 6.10 Å². The van der Waals surface area contributed by atoms with E-state index in [4.69, 9.17) is 4.74 Å². The van der Waals surface area contributed by atoms with Gasteiger partial charge in [0.05, 0.1) is 6.54 Å². The van der Waals surface area contributed by atoms with Gasteiger partial charge in [-0.2, -0.15) is 0 Å². The normalized spacial score (nSPS) is 16.4. The van der Waals surface area contributed by atoms with Crippen molar-refractivity contribution in [1.29, 1.82) is 0 Å². The van der Waals surface area contributed by atoms with Gasteiger partial charge in [-0.1, -0.05) is 17.7 Å². The summed E-state index contributed by atoms with van der Waals surface area (Å²) in [5.74, 6) is 1.95. The first-order valence-corrected chi connectivity index (χ1v) is 6.10. The van der Waals surface area contributed by atoms with Gasteiger partial charge < -0.3 is 10.1 Å². The van der Waals surface area contributed by atoms with Gasteiger partial charge in [-0.25, -0.2) is 0 Å². The second-order valence-corrected chi connectivity index (χ2v) is 4.68. The van der Waals surface area contributed by atoms with Crippen LogP contribution in [0.5, 0.6) is 5.75 Å². The molecule has 3 nitrogen and oxygen atoms in total. The minimum Gasteiger partial charge on any atom is -0.482 e. The lowest BCUT2D eigenvalue weighted by molar-refractivity contribution is 0.280. The predicted octanol–water partition coefficient (Wildman–Crippen LogP) is 2.38. The van der Waals surface area contributed by atoms with Gasteiger partial charge >= 0.3 is 0 Å². The Bertz CT molecular complexity index is 429. The second-order valence-electron chi connectivity index (χ2n) is 4.68. The summed E-state index contributed by atoms with van der Waals surface area (Å²) < 4.78 is 6.02. The van der Waals surface area contributed by atoms with Crippen molar-refractivity contribution in [3.05, 3.63) is 28.8 Å². The minimum absolute atomic E-state index is 0.00222. The largest absolute Gasteiger partial charge is 0.482 e. The van der Waals surface area contributed by atoms with E-state index < -0.39 is 0 Å². The third-order valence-electron chi connectivity index (χ3n) is 2.98. The first kappa shape index (κ1) is 12.0. The van der Waals surface area contributed by atoms with Crippen LogP contribution in [0.15, 0.2) is 17.1 Å². The number of nitrogens with one attached hydrogen (secondary N) is 1. The van der Waals surface area contributed by atoms with Crippen molar-refractivity contribution < 1.29 is 4.74 Å². The van der Waals surface area contributed by atoms with E-state index in [9.17, 15) is 0 Å². The summed E-state index contributed by atoms with van der Waals surface area (Å²) in [6.45, 7) is 10.1. The lowest BCUT2D eigenvalue weighted by atomic mass is 10.1. The maximum Gasteiger partial charge on any atom is 0.152 e. The molecule has 92 valence electrons. The summed E-state index contributed by atoms with van der Waals surface area (Å²) in [5.41, 5.74) is 3.65. The average Bonchev–Trinajstić information content (AvgIpc) is 2.76. The molecular weight excluding hydrogens is 212 g/mol. The number of aliphatic imine (C=N–C) groups is 1. The van der Waals surface area contributed by atoms with Crippen LogP contribution in [-0.2, 0) is 0 Å². The fourth-order valence-corrected chi connectivity index (χ4v) is 2.27. The minimum atomic E-state index is -0.00222. The van der Waals surface area contributed by atoms with E-state index in [1.807, 2.05) is 6.92 Å². The Morgan fingerprint density at radius 3 is 2.41 bits per heavy atom. The van der Waals surface area contributed by atoms with Crippen molar-refractivity contribution in [2.45, 2.75) is 33.8 Å². The molecule has 0 fully saturated rings. The van der Waals surface area contributed by atoms with E-state index in [1.165, 1.54) is 16.7 Å². The SMILES string of the molecule is Cc1cc(C)c(O[C@H](C)C2=NCCN2)c(C)c1. The van der Waals surface area contributed by atoms with Crippen LogP contribution in [-0.4, -0.2) is 25.0 Å². The number of nitrogens with zero attached hydrogens (tertiary/aromatic N) is 1. The molecule has 1 heterocycles. The number of hydrogen-bond acceptors (Lipinski definition) is 3. The molecule has 1 aliphatic rings. The summed E-state index contributed by atoms with van der Waals surface area (Å²) in [5, 5.41) is 3.25. The van der Waals surface area contributed by atoms with Gasteiger partial charge in [-0.05, 0) is 38.8 Å². The summed E-state index contributed by atoms with van der Waals surface area (Å²) in [6, 6.07) is 4.30. The maximum absolute atomic E-state index is 6.02. The molecule has 1 aliphatic heterocycles. The number of hydrogen-bond donors (Lipinski definition) is 1. The number of amidine groups is 1. The zero-order chi connectivity index (χ0) is 12.4. The molecule has 0 radical (unpaired) electrons. The van der Waals surface area contributed by atoms with E-state index in [1.54, 1.807) is 0 Å². The first-order chi connectivity index (χ1) is 8.08. The Hall–Kier alpha value is -1.51. The Kier molecular flexibility index (Phi) is 3.36. The highest BCUT2D eigenvalue weighted by molar-refractivity contribution is 5.87. The number of rotatable bonds is 3. The molecule has 0 bridgehead atoms. The quantitative estimate of drug-likeness (QED) is 0.868. The van der Waals surface area contributed by atoms with Crippen LogP contribution in [0.3, 0.4) is 0 Å². The molecule has 2 rings (SSSR count). The standard InChI is InChI=1S/C14H20N2O/c1-9-7-10(2)13(11(3)8-9)17-12(4)14-15-5-6-16-14/h7-8,12H,5-6H2,1-4H3,(H,15,16)/t12-/m1/s1. The van der Waals surface area contributed by atoms with Crippen LogP contribution in [0.25, 0.3) is 0 Å². The van der Waals surface area contributed by atoms with Crippen LogP contribution >= 0.6 is 0 Å². The molecule has 0 spiro atoms. The molecule has 0 saturated carbocycles. The van der Waals surface area contributed by atoms with Crippen LogP contribution in [0.4, 0.5) is 0 Å². The molecule has 0 aliphatic carbocycles. The zero-order valence-electron chi connectivity index (χ0n) is 11.0. The summed E-state index contributed by atoms with van der Waals surface area (Å²) >= 11 is 0. The summed E-state index contributed by atoms with van der Waals surface area (Å²) in [4.78, 5) is 4.39. The highest BCUT2D eigenvalue weighted by Gasteiger charge is 2.17. The second kappa shape index (κ2) is 4.78. The van der Waals surface area contributed by atoms with E-state index in [2.05, 4.69) is 43.2 Å². The first-order valence-electron chi connectivity index (χ1n) is 6.10. The number of benzene rings is 1. The molecule has 0 saturated heterocycles. The third kappa shape index (κ3) is 2.60. The van der Waals surface area contributed by atoms with Crippen LogP contribution in [0.2, 0.25) is 0 Å². The Morgan fingerprint density at radius 1 is 1.24 bits per heavy atom. The third-order valence-corrected chi connectivity index (χ3v) is 2.98. The molecule has 1 aromatic carbocycles. The summed E-state index contributed by atoms with van der Waals surface area (Å²) in [7, 11) is 0. The van der Waals surface area contributed by atoms with Crippen LogP contribution in [0.1, 0.15) is 23.6 Å². The highest BCUT2D eigenvalue weighted by Crippen LogP contribution is 2.25. The zero-order valence-corrected chi connectivity index (χ0v) is 11.0. The predicted molar refractivity (Wildman–Crippen MR) is 71.0 cm³/mol. The van der Waals surface area contributed by atoms with Gasteiger partial charge in [-0.3, -0.25) is 4.99 Å². The van der Waals surface area contributed by atoms with Gasteiger partial charge in [0, 0.05) is 6.54 Å². The molecule has 3 heteroatoms. The van der Waals surface area contributed by atoms with Gasteiger partial charge in [-0.15, -0.1) is 0 Å². The molecule has 1 atom stereocenters. The monoisotopic (exact) mass is 232 g/mol. The molecule has 0 aromatic heterocycles. The lowest BCUT2D eigenvalue weighted by Gasteiger charge is -2.19. The Morgan fingerprint density at radius 2 is 1.88 bits per heavy atom. The topological polar surface area (TPSA) is 33.6 Å². The van der Waals surface area contributed by atoms with Crippen molar-refractivity contribution in [1.82, 2.24) is 5.32 Å². The molecule has 0 unspecified atom stereocenters. The fourth-order valence-electron chi connectivity index (χ4n) is 2.27. The smallest absolute Gasteiger partial charge is 0.152 e. The maximum atomic E-state index is 6.02. The van der Waals surface area contributed by atoms with E-state index in [0.717, 1.165) is 24.7 Å². The number of ether oxygens (including phenoxy) is 1. The average molecular weight is 232 g/mol. The Balaban J connectivity index is 2.18. The van der Waals surface area contributed by atoms with Crippen LogP contribution < -0.4 is 10.1 Å². The van der Waals surface area contributed by atoms with E-state index in [0.29, 0.717) is 0 Å². The van der Waals surface area contributed by atoms with Gasteiger partial charge in [0.25, 0.3) is 0 Å². The van der Waals surface area contributed by atoms with Crippen molar-refractivity contribution in [2.75, 3.05) is 13.1 Å². The molecule has 1 N–H and O–H groups in total. The molecule has 0 amide bonds. The van der Waals surface area contributed by atoms with E-state index >= 15 is 0 Å². The van der Waals surface area contributed by atoms with Crippen molar-refractivity contribution in [2.24, 2.45) is 4.99 Å². The van der Waals surface area contributed by atoms with Crippen molar-refractivity contribution in [3.63, 3.8) is 0 Å². The molecular formula is C14H20N2O. The fraction of sp³-hybridized carbons (Fsp3) is 0.500. The van der Waals surface area contributed by atoms with Crippen molar-refractivity contribution >= 4 is 5.84 Å². The van der Waals surface area contributed by atoms with Crippen LogP contribution in [0, 0.1) is 20.8 Å². The summed E-state index contributed by atoms with van der Waals surface area (Å²) in [6.07, 6.45) is -0.00222. The van der Waals surface area contributed by atoms with Gasteiger partial charge in [0.2, 0.25) is 0 Å². The van der Waals surface area contributed by atoms with Crippen molar-refractivity contribution in [3.8, 4) is 5.75 Å². The molecule has 17 heavy (non-hydrogen) atoms. The Labute approximate surface area is 103 Å². The van der Waals surface area contributed by atoms with E-state index in [-0.39, 0.29) is 6.10 Å². The highest BCUT2D eigenvalue weighted by atomic mass is 16.5. The number of aryl methyl sites for hydroxylation is 3. The van der Waals surface area contributed by atoms with Gasteiger partial charge in [0.1, 0.15) is 11.6 Å². The lowest BCUT2D eigenvalue weighted by Crippen LogP contribution is -2.33. The molecule has 1 aromatic rings.